The second-order valence-corrected chi connectivity index (χ2v) is 6.49. The maximum Gasteiger partial charge on any atom is 0.306 e. The number of halogens is 1. The van der Waals surface area contributed by atoms with Gasteiger partial charge in [-0.3, -0.25) is 14.5 Å². The van der Waals surface area contributed by atoms with Gasteiger partial charge in [0.05, 0.1) is 19.1 Å². The zero-order valence-corrected chi connectivity index (χ0v) is 14.9. The highest BCUT2D eigenvalue weighted by molar-refractivity contribution is 5.81. The van der Waals surface area contributed by atoms with Crippen molar-refractivity contribution in [1.82, 2.24) is 9.80 Å². The smallest absolute Gasteiger partial charge is 0.306 e. The molecule has 1 unspecified atom stereocenters. The molecule has 1 N–H and O–H groups in total. The summed E-state index contributed by atoms with van der Waals surface area (Å²) < 4.78 is 18.7. The molecule has 1 heterocycles. The van der Waals surface area contributed by atoms with Gasteiger partial charge in [0, 0.05) is 13.6 Å². The molecule has 1 aliphatic rings. The van der Waals surface area contributed by atoms with Crippen LogP contribution in [0.15, 0.2) is 18.2 Å². The van der Waals surface area contributed by atoms with Gasteiger partial charge in [0.15, 0.2) is 11.6 Å². The van der Waals surface area contributed by atoms with E-state index in [1.807, 2.05) is 11.8 Å². The van der Waals surface area contributed by atoms with E-state index < -0.39 is 11.8 Å². The lowest BCUT2D eigenvalue weighted by atomic mass is 9.96. The third-order valence-corrected chi connectivity index (χ3v) is 4.80. The average Bonchev–Trinajstić information content (AvgIpc) is 2.60. The molecule has 7 heteroatoms. The summed E-state index contributed by atoms with van der Waals surface area (Å²) in [6, 6.07) is 4.31. The number of piperidine rings is 1. The summed E-state index contributed by atoms with van der Waals surface area (Å²) in [6.07, 6.45) is 1.11. The molecule has 1 saturated heterocycles. The summed E-state index contributed by atoms with van der Waals surface area (Å²) in [4.78, 5) is 27.2. The minimum absolute atomic E-state index is 0.0648. The van der Waals surface area contributed by atoms with Crippen LogP contribution < -0.4 is 4.74 Å². The average molecular weight is 352 g/mol. The van der Waals surface area contributed by atoms with Gasteiger partial charge < -0.3 is 14.7 Å². The SMILES string of the molecule is COc1ccc(CN(C)C(=O)C(C)N2CCC(C(=O)O)CC2)cc1F. The van der Waals surface area contributed by atoms with Crippen molar-refractivity contribution in [2.75, 3.05) is 27.2 Å². The Kier molecular flexibility index (Phi) is 6.36. The topological polar surface area (TPSA) is 70.1 Å². The van der Waals surface area contributed by atoms with Crippen LogP contribution in [0.2, 0.25) is 0 Å². The maximum absolute atomic E-state index is 13.8. The fourth-order valence-corrected chi connectivity index (χ4v) is 3.17. The van der Waals surface area contributed by atoms with Crippen LogP contribution in [0, 0.1) is 11.7 Å². The number of carbonyl (C=O) groups excluding carboxylic acids is 1. The van der Waals surface area contributed by atoms with Gasteiger partial charge in [-0.25, -0.2) is 4.39 Å². The van der Waals surface area contributed by atoms with Crippen molar-refractivity contribution in [3.63, 3.8) is 0 Å². The first-order valence-corrected chi connectivity index (χ1v) is 8.37. The predicted molar refractivity (Wildman–Crippen MR) is 90.8 cm³/mol. The number of methoxy groups -OCH3 is 1. The summed E-state index contributed by atoms with van der Waals surface area (Å²) in [5.41, 5.74) is 0.686. The second-order valence-electron chi connectivity index (χ2n) is 6.49. The van der Waals surface area contributed by atoms with Crippen molar-refractivity contribution < 1.29 is 23.8 Å². The largest absolute Gasteiger partial charge is 0.494 e. The van der Waals surface area contributed by atoms with E-state index >= 15 is 0 Å². The van der Waals surface area contributed by atoms with Gasteiger partial charge in [-0.2, -0.15) is 0 Å². The van der Waals surface area contributed by atoms with E-state index in [1.54, 1.807) is 24.1 Å². The molecular weight excluding hydrogens is 327 g/mol. The summed E-state index contributed by atoms with van der Waals surface area (Å²) in [6.45, 7) is 3.31. The Morgan fingerprint density at radius 1 is 1.40 bits per heavy atom. The third-order valence-electron chi connectivity index (χ3n) is 4.80. The number of carbonyl (C=O) groups is 2. The number of nitrogens with zero attached hydrogens (tertiary/aromatic N) is 2. The number of rotatable bonds is 6. The first-order chi connectivity index (χ1) is 11.8. The Bertz CT molecular complexity index is 630. The fourth-order valence-electron chi connectivity index (χ4n) is 3.17. The molecule has 1 aromatic carbocycles. The zero-order valence-electron chi connectivity index (χ0n) is 14.9. The molecule has 1 amide bonds. The van der Waals surface area contributed by atoms with Crippen molar-refractivity contribution in [3.05, 3.63) is 29.6 Å². The Morgan fingerprint density at radius 3 is 2.56 bits per heavy atom. The number of likely N-dealkylation sites (N-methyl/N-ethyl adjacent to an activating group) is 1. The van der Waals surface area contributed by atoms with Crippen LogP contribution in [0.4, 0.5) is 4.39 Å². The lowest BCUT2D eigenvalue weighted by Crippen LogP contribution is -2.49. The van der Waals surface area contributed by atoms with Gasteiger partial charge in [-0.1, -0.05) is 6.07 Å². The van der Waals surface area contributed by atoms with Crippen molar-refractivity contribution >= 4 is 11.9 Å². The van der Waals surface area contributed by atoms with Gasteiger partial charge >= 0.3 is 5.97 Å². The Labute approximate surface area is 147 Å². The van der Waals surface area contributed by atoms with E-state index in [2.05, 4.69) is 0 Å². The van der Waals surface area contributed by atoms with Crippen molar-refractivity contribution in [3.8, 4) is 5.75 Å². The van der Waals surface area contributed by atoms with Crippen LogP contribution in [-0.2, 0) is 16.1 Å². The van der Waals surface area contributed by atoms with Crippen LogP contribution >= 0.6 is 0 Å². The highest BCUT2D eigenvalue weighted by atomic mass is 19.1. The molecule has 2 rings (SSSR count). The van der Waals surface area contributed by atoms with E-state index in [0.717, 1.165) is 0 Å². The summed E-state index contributed by atoms with van der Waals surface area (Å²) in [5, 5.41) is 9.05. The predicted octanol–water partition coefficient (Wildman–Crippen LogP) is 1.98. The molecule has 1 aliphatic heterocycles. The minimum Gasteiger partial charge on any atom is -0.494 e. The number of benzene rings is 1. The van der Waals surface area contributed by atoms with Crippen molar-refractivity contribution in [2.45, 2.75) is 32.4 Å². The van der Waals surface area contributed by atoms with E-state index in [4.69, 9.17) is 9.84 Å². The van der Waals surface area contributed by atoms with Crippen LogP contribution in [0.1, 0.15) is 25.3 Å². The standard InChI is InChI=1S/C18H25FN2O4/c1-12(21-8-6-14(7-9-21)18(23)24)17(22)20(2)11-13-4-5-16(25-3)15(19)10-13/h4-5,10,12,14H,6-9,11H2,1-3H3,(H,23,24). The first kappa shape index (κ1) is 19.2. The number of hydrogen-bond donors (Lipinski definition) is 1. The lowest BCUT2D eigenvalue weighted by molar-refractivity contribution is -0.144. The first-order valence-electron chi connectivity index (χ1n) is 8.37. The van der Waals surface area contributed by atoms with Crippen LogP contribution in [0.3, 0.4) is 0 Å². The number of hydrogen-bond acceptors (Lipinski definition) is 4. The highest BCUT2D eigenvalue weighted by Gasteiger charge is 2.30. The van der Waals surface area contributed by atoms with E-state index in [9.17, 15) is 14.0 Å². The monoisotopic (exact) mass is 352 g/mol. The van der Waals surface area contributed by atoms with Crippen LogP contribution in [0.25, 0.3) is 0 Å². The molecule has 1 fully saturated rings. The number of carboxylic acid groups (broad SMARTS) is 1. The zero-order chi connectivity index (χ0) is 18.6. The molecule has 0 saturated carbocycles. The van der Waals surface area contributed by atoms with E-state index in [0.29, 0.717) is 38.0 Å². The van der Waals surface area contributed by atoms with Crippen LogP contribution in [0.5, 0.6) is 5.75 Å². The Balaban J connectivity index is 1.93. The number of ether oxygens (including phenoxy) is 1. The molecule has 0 aromatic heterocycles. The maximum atomic E-state index is 13.8. The van der Waals surface area contributed by atoms with Gasteiger partial charge in [-0.05, 0) is 50.6 Å². The molecule has 25 heavy (non-hydrogen) atoms. The molecule has 0 bridgehead atoms. The van der Waals surface area contributed by atoms with Gasteiger partial charge in [0.25, 0.3) is 0 Å². The normalized spacial score (nSPS) is 17.1. The molecule has 1 aromatic rings. The van der Waals surface area contributed by atoms with Gasteiger partial charge in [0.2, 0.25) is 5.91 Å². The fraction of sp³-hybridized carbons (Fsp3) is 0.556. The molecule has 6 nitrogen and oxygen atoms in total. The van der Waals surface area contributed by atoms with Gasteiger partial charge in [-0.15, -0.1) is 0 Å². The highest BCUT2D eigenvalue weighted by Crippen LogP contribution is 2.21. The molecule has 0 radical (unpaired) electrons. The van der Waals surface area contributed by atoms with Crippen molar-refractivity contribution in [1.29, 1.82) is 0 Å². The Morgan fingerprint density at radius 2 is 2.04 bits per heavy atom. The van der Waals surface area contributed by atoms with Crippen LogP contribution in [-0.4, -0.2) is 60.1 Å². The van der Waals surface area contributed by atoms with Crippen molar-refractivity contribution in [2.24, 2.45) is 5.92 Å². The van der Waals surface area contributed by atoms with Gasteiger partial charge in [0.1, 0.15) is 0 Å². The summed E-state index contributed by atoms with van der Waals surface area (Å²) in [7, 11) is 3.09. The molecule has 0 aliphatic carbocycles. The second kappa shape index (κ2) is 8.29. The molecule has 0 spiro atoms. The molecular formula is C18H25FN2O4. The third kappa shape index (κ3) is 4.69. The van der Waals surface area contributed by atoms with E-state index in [-0.39, 0.29) is 23.6 Å². The minimum atomic E-state index is -0.766. The number of aliphatic carboxylic acids is 1. The number of carboxylic acids is 1. The van der Waals surface area contributed by atoms with E-state index in [1.165, 1.54) is 13.2 Å². The molecule has 1 atom stereocenters. The molecule has 138 valence electrons. The summed E-state index contributed by atoms with van der Waals surface area (Å²) >= 11 is 0. The number of amides is 1. The quantitative estimate of drug-likeness (QED) is 0.848. The number of likely N-dealkylation sites (tertiary alicyclic amines) is 1. The summed E-state index contributed by atoms with van der Waals surface area (Å²) in [5.74, 6) is -1.43. The Hall–Kier alpha value is -2.15. The lowest BCUT2D eigenvalue weighted by Gasteiger charge is -2.35.